The van der Waals surface area contributed by atoms with Crippen molar-refractivity contribution < 1.29 is 13.8 Å². The van der Waals surface area contributed by atoms with E-state index in [-0.39, 0.29) is 10.9 Å². The zero-order chi connectivity index (χ0) is 9.84. The van der Waals surface area contributed by atoms with E-state index < -0.39 is 13.8 Å². The normalized spacial score (nSPS) is 14.2. The summed E-state index contributed by atoms with van der Waals surface area (Å²) in [6.45, 7) is 1.61. The SMILES string of the molecule is CC=C(c1ccccc1F)[PH](=O)O. The first-order valence-electron chi connectivity index (χ1n) is 3.81. The highest BCUT2D eigenvalue weighted by atomic mass is 31.1. The first-order chi connectivity index (χ1) is 6.16. The highest BCUT2D eigenvalue weighted by Crippen LogP contribution is 2.37. The van der Waals surface area contributed by atoms with Gasteiger partial charge >= 0.3 is 0 Å². The molecule has 1 N–H and O–H groups in total. The van der Waals surface area contributed by atoms with Crippen molar-refractivity contribution in [1.82, 2.24) is 0 Å². The molecule has 0 spiro atoms. The minimum atomic E-state index is -2.83. The Hall–Kier alpha value is -0.920. The summed E-state index contributed by atoms with van der Waals surface area (Å²) in [5.74, 6) is -0.469. The Morgan fingerprint density at radius 2 is 2.15 bits per heavy atom. The van der Waals surface area contributed by atoms with E-state index in [4.69, 9.17) is 4.89 Å². The molecule has 0 aliphatic carbocycles. The lowest BCUT2D eigenvalue weighted by molar-refractivity contribution is 0.513. The Balaban J connectivity index is 3.21. The number of allylic oxidation sites excluding steroid dienone is 1. The number of benzene rings is 1. The molecule has 1 aromatic carbocycles. The molecule has 70 valence electrons. The van der Waals surface area contributed by atoms with Crippen molar-refractivity contribution >= 4 is 13.3 Å². The van der Waals surface area contributed by atoms with Crippen LogP contribution in [0.4, 0.5) is 4.39 Å². The molecule has 0 aliphatic rings. The second-order valence-corrected chi connectivity index (χ2v) is 3.64. The molecule has 1 aromatic rings. The van der Waals surface area contributed by atoms with Crippen molar-refractivity contribution in [2.75, 3.05) is 0 Å². The first-order valence-corrected chi connectivity index (χ1v) is 5.17. The van der Waals surface area contributed by atoms with Gasteiger partial charge in [0.2, 0.25) is 8.03 Å². The molecule has 2 nitrogen and oxygen atoms in total. The van der Waals surface area contributed by atoms with Crippen LogP contribution in [-0.2, 0) is 4.57 Å². The van der Waals surface area contributed by atoms with E-state index >= 15 is 0 Å². The zero-order valence-corrected chi connectivity index (χ0v) is 8.12. The maximum absolute atomic E-state index is 13.1. The third-order valence-corrected chi connectivity index (χ3v) is 2.70. The van der Waals surface area contributed by atoms with E-state index in [1.165, 1.54) is 18.2 Å². The highest BCUT2D eigenvalue weighted by molar-refractivity contribution is 7.50. The summed E-state index contributed by atoms with van der Waals surface area (Å²) < 4.78 is 23.9. The fourth-order valence-corrected chi connectivity index (χ4v) is 1.75. The predicted molar refractivity (Wildman–Crippen MR) is 51.3 cm³/mol. The fourth-order valence-electron chi connectivity index (χ4n) is 1.07. The van der Waals surface area contributed by atoms with Crippen molar-refractivity contribution in [2.45, 2.75) is 6.92 Å². The summed E-state index contributed by atoms with van der Waals surface area (Å²) >= 11 is 0. The number of hydrogen-bond donors (Lipinski definition) is 1. The lowest BCUT2D eigenvalue weighted by Crippen LogP contribution is -1.85. The molecule has 13 heavy (non-hydrogen) atoms. The maximum Gasteiger partial charge on any atom is 0.218 e. The van der Waals surface area contributed by atoms with Crippen molar-refractivity contribution in [1.29, 1.82) is 0 Å². The maximum atomic E-state index is 13.1. The van der Waals surface area contributed by atoms with Crippen LogP contribution in [0, 0.1) is 5.82 Å². The van der Waals surface area contributed by atoms with Gasteiger partial charge in [0, 0.05) is 10.9 Å². The lowest BCUT2D eigenvalue weighted by Gasteiger charge is -2.03. The molecule has 4 heteroatoms. The average Bonchev–Trinajstić information content (AvgIpc) is 2.09. The van der Waals surface area contributed by atoms with Gasteiger partial charge in [-0.15, -0.1) is 0 Å². The fraction of sp³-hybridized carbons (Fsp3) is 0.111. The van der Waals surface area contributed by atoms with Crippen LogP contribution in [-0.4, -0.2) is 4.89 Å². The Morgan fingerprint density at radius 1 is 1.54 bits per heavy atom. The monoisotopic (exact) mass is 200 g/mol. The van der Waals surface area contributed by atoms with Gasteiger partial charge in [-0.3, -0.25) is 4.57 Å². The minimum Gasteiger partial charge on any atom is -0.343 e. The number of halogens is 1. The molecule has 0 heterocycles. The molecule has 1 rings (SSSR count). The van der Waals surface area contributed by atoms with E-state index in [1.54, 1.807) is 19.1 Å². The van der Waals surface area contributed by atoms with Crippen LogP contribution in [0.2, 0.25) is 0 Å². The second kappa shape index (κ2) is 4.35. The number of hydrogen-bond acceptors (Lipinski definition) is 1. The van der Waals surface area contributed by atoms with Crippen molar-refractivity contribution in [3.8, 4) is 0 Å². The molecule has 0 radical (unpaired) electrons. The Bertz CT molecular complexity index is 360. The molecule has 0 aromatic heterocycles. The molecule has 0 saturated carbocycles. The lowest BCUT2D eigenvalue weighted by atomic mass is 10.2. The van der Waals surface area contributed by atoms with Crippen LogP contribution < -0.4 is 0 Å². The third-order valence-electron chi connectivity index (χ3n) is 1.68. The summed E-state index contributed by atoms with van der Waals surface area (Å²) in [5.41, 5.74) is 0.205. The van der Waals surface area contributed by atoms with Crippen molar-refractivity contribution in [2.24, 2.45) is 0 Å². The van der Waals surface area contributed by atoms with Gasteiger partial charge in [0.25, 0.3) is 0 Å². The molecular weight excluding hydrogens is 190 g/mol. The average molecular weight is 200 g/mol. The van der Waals surface area contributed by atoms with Gasteiger partial charge in [0.1, 0.15) is 5.82 Å². The quantitative estimate of drug-likeness (QED) is 0.745. The molecule has 1 unspecified atom stereocenters. The molecule has 0 aliphatic heterocycles. The van der Waals surface area contributed by atoms with Gasteiger partial charge in [-0.1, -0.05) is 24.3 Å². The Morgan fingerprint density at radius 3 is 2.62 bits per heavy atom. The van der Waals surface area contributed by atoms with Crippen LogP contribution in [0.3, 0.4) is 0 Å². The summed E-state index contributed by atoms with van der Waals surface area (Å²) in [6, 6.07) is 5.93. The molecule has 0 amide bonds. The zero-order valence-electron chi connectivity index (χ0n) is 7.12. The van der Waals surface area contributed by atoms with Gasteiger partial charge in [-0.2, -0.15) is 0 Å². The van der Waals surface area contributed by atoms with Gasteiger partial charge in [-0.05, 0) is 13.0 Å². The van der Waals surface area contributed by atoms with Gasteiger partial charge in [0.15, 0.2) is 0 Å². The van der Waals surface area contributed by atoms with Gasteiger partial charge in [-0.25, -0.2) is 4.39 Å². The summed E-state index contributed by atoms with van der Waals surface area (Å²) in [4.78, 5) is 8.90. The Labute approximate surface area is 76.6 Å². The largest absolute Gasteiger partial charge is 0.343 e. The van der Waals surface area contributed by atoms with Crippen molar-refractivity contribution in [3.63, 3.8) is 0 Å². The van der Waals surface area contributed by atoms with E-state index in [9.17, 15) is 8.96 Å². The van der Waals surface area contributed by atoms with Crippen molar-refractivity contribution in [3.05, 3.63) is 41.7 Å². The molecule has 0 fully saturated rings. The molecule has 0 saturated heterocycles. The molecular formula is C9H10FO2P. The minimum absolute atomic E-state index is 0.170. The van der Waals surface area contributed by atoms with Crippen LogP contribution in [0.25, 0.3) is 5.31 Å². The molecule has 0 bridgehead atoms. The standard InChI is InChI=1S/C9H10FO2P/c1-2-9(13(11)12)7-5-3-4-6-8(7)10/h2-6,13H,1H3,(H,11,12). The molecule has 1 atom stereocenters. The number of rotatable bonds is 2. The van der Waals surface area contributed by atoms with Gasteiger partial charge < -0.3 is 4.89 Å². The summed E-state index contributed by atoms with van der Waals surface area (Å²) in [5, 5.41) is 0.170. The smallest absolute Gasteiger partial charge is 0.218 e. The predicted octanol–water partition coefficient (Wildman–Crippen LogP) is 2.65. The summed E-state index contributed by atoms with van der Waals surface area (Å²) in [7, 11) is -2.83. The van der Waals surface area contributed by atoms with Gasteiger partial charge in [0.05, 0.1) is 0 Å². The van der Waals surface area contributed by atoms with Crippen LogP contribution in [0.5, 0.6) is 0 Å². The topological polar surface area (TPSA) is 37.3 Å². The summed E-state index contributed by atoms with van der Waals surface area (Å²) in [6.07, 6.45) is 1.46. The van der Waals surface area contributed by atoms with E-state index in [0.717, 1.165) is 0 Å². The first kappa shape index (κ1) is 10.2. The highest BCUT2D eigenvalue weighted by Gasteiger charge is 2.09. The van der Waals surface area contributed by atoms with Crippen LogP contribution >= 0.6 is 8.03 Å². The van der Waals surface area contributed by atoms with E-state index in [1.807, 2.05) is 0 Å². The van der Waals surface area contributed by atoms with E-state index in [0.29, 0.717) is 0 Å². The van der Waals surface area contributed by atoms with Crippen LogP contribution in [0.1, 0.15) is 12.5 Å². The van der Waals surface area contributed by atoms with E-state index in [2.05, 4.69) is 0 Å². The second-order valence-electron chi connectivity index (χ2n) is 2.49. The Kier molecular flexibility index (Phi) is 3.40. The van der Waals surface area contributed by atoms with Crippen LogP contribution in [0.15, 0.2) is 30.3 Å². The third kappa shape index (κ3) is 2.27.